The third-order valence-corrected chi connectivity index (χ3v) is 11.0. The van der Waals surface area contributed by atoms with Crippen molar-refractivity contribution in [3.05, 3.63) is 71.8 Å². The van der Waals surface area contributed by atoms with Crippen molar-refractivity contribution in [3.8, 4) is 23.0 Å². The number of piperidine rings is 1. The van der Waals surface area contributed by atoms with Crippen molar-refractivity contribution in [2.24, 2.45) is 5.92 Å². The summed E-state index contributed by atoms with van der Waals surface area (Å²) in [6.07, 6.45) is 1.79. The van der Waals surface area contributed by atoms with E-state index in [4.69, 9.17) is 18.9 Å². The molecule has 10 nitrogen and oxygen atoms in total. The van der Waals surface area contributed by atoms with E-state index in [0.29, 0.717) is 47.2 Å². The molecule has 0 spiro atoms. The maximum absolute atomic E-state index is 14.0. The van der Waals surface area contributed by atoms with Gasteiger partial charge in [0.1, 0.15) is 0 Å². The molecule has 0 radical (unpaired) electrons. The van der Waals surface area contributed by atoms with E-state index in [1.807, 2.05) is 6.92 Å². The van der Waals surface area contributed by atoms with E-state index in [1.165, 1.54) is 47.1 Å². The molecule has 5 rings (SSSR count). The Morgan fingerprint density at radius 1 is 0.829 bits per heavy atom. The van der Waals surface area contributed by atoms with Crippen LogP contribution in [0.4, 0.5) is 0 Å². The minimum atomic E-state index is -4.06. The lowest BCUT2D eigenvalue weighted by Crippen LogP contribution is -2.39. The minimum Gasteiger partial charge on any atom is -0.493 e. The highest BCUT2D eigenvalue weighted by atomic mass is 32.2. The Morgan fingerprint density at radius 3 is 2.15 bits per heavy atom. The maximum Gasteiger partial charge on any atom is 0.243 e. The highest BCUT2D eigenvalue weighted by molar-refractivity contribution is 7.89. The first-order valence-corrected chi connectivity index (χ1v) is 16.2. The number of hydrogen-bond acceptors (Lipinski definition) is 8. The van der Waals surface area contributed by atoms with Gasteiger partial charge in [-0.15, -0.1) is 0 Å². The zero-order chi connectivity index (χ0) is 29.2. The Labute approximate surface area is 241 Å². The molecule has 0 amide bonds. The molecule has 0 unspecified atom stereocenters. The van der Waals surface area contributed by atoms with Gasteiger partial charge in [0.15, 0.2) is 23.0 Å². The van der Waals surface area contributed by atoms with E-state index in [2.05, 4.69) is 0 Å². The molecular weight excluding hydrogens is 568 g/mol. The van der Waals surface area contributed by atoms with E-state index < -0.39 is 20.0 Å². The number of ether oxygens (including phenoxy) is 4. The molecule has 0 bridgehead atoms. The molecular formula is C29H34N2O8S2. The first-order chi connectivity index (χ1) is 19.6. The molecule has 41 heavy (non-hydrogen) atoms. The topological polar surface area (TPSA) is 112 Å². The summed E-state index contributed by atoms with van der Waals surface area (Å²) in [5, 5.41) is 0. The summed E-state index contributed by atoms with van der Waals surface area (Å²) in [6, 6.07) is 16.0. The van der Waals surface area contributed by atoms with Crippen LogP contribution >= 0.6 is 0 Å². The van der Waals surface area contributed by atoms with Crippen LogP contribution in [0, 0.1) is 5.92 Å². The second-order valence-corrected chi connectivity index (χ2v) is 14.1. The van der Waals surface area contributed by atoms with Gasteiger partial charge in [0, 0.05) is 26.2 Å². The number of rotatable bonds is 10. The van der Waals surface area contributed by atoms with Gasteiger partial charge in [0.2, 0.25) is 26.8 Å². The Bertz CT molecular complexity index is 1610. The smallest absolute Gasteiger partial charge is 0.243 e. The van der Waals surface area contributed by atoms with E-state index in [1.54, 1.807) is 36.4 Å². The molecule has 3 aromatic carbocycles. The molecule has 220 valence electrons. The second-order valence-electron chi connectivity index (χ2n) is 10.2. The van der Waals surface area contributed by atoms with Crippen LogP contribution in [0.5, 0.6) is 23.0 Å². The number of benzene rings is 3. The van der Waals surface area contributed by atoms with Gasteiger partial charge in [-0.2, -0.15) is 8.61 Å². The van der Waals surface area contributed by atoms with Crippen molar-refractivity contribution in [2.45, 2.75) is 42.6 Å². The van der Waals surface area contributed by atoms with Crippen molar-refractivity contribution in [1.29, 1.82) is 0 Å². The fraction of sp³-hybridized carbons (Fsp3) is 0.379. The predicted octanol–water partition coefficient (Wildman–Crippen LogP) is 4.24. The van der Waals surface area contributed by atoms with Crippen molar-refractivity contribution in [1.82, 2.24) is 8.61 Å². The lowest BCUT2D eigenvalue weighted by atomic mass is 10.0. The Morgan fingerprint density at radius 2 is 1.46 bits per heavy atom. The monoisotopic (exact) mass is 602 g/mol. The average Bonchev–Trinajstić information content (AvgIpc) is 3.45. The lowest BCUT2D eigenvalue weighted by molar-refractivity contribution is 0.174. The number of fused-ring (bicyclic) bond motifs is 1. The molecule has 1 fully saturated rings. The fourth-order valence-corrected chi connectivity index (χ4v) is 8.11. The first kappa shape index (κ1) is 29.2. The van der Waals surface area contributed by atoms with Crippen molar-refractivity contribution >= 4 is 20.0 Å². The molecule has 0 saturated carbocycles. The lowest BCUT2D eigenvalue weighted by Gasteiger charge is -2.30. The number of methoxy groups -OCH3 is 2. The maximum atomic E-state index is 14.0. The molecule has 0 N–H and O–H groups in total. The van der Waals surface area contributed by atoms with Crippen molar-refractivity contribution in [2.75, 3.05) is 34.1 Å². The van der Waals surface area contributed by atoms with Crippen LogP contribution in [0.3, 0.4) is 0 Å². The van der Waals surface area contributed by atoms with Gasteiger partial charge >= 0.3 is 0 Å². The minimum absolute atomic E-state index is 0.00955. The standard InChI is InChI=1S/C29H34N2O8S2/c1-21-5-4-14-30(17-21)40(32,33)24-8-10-25(11-9-24)41(34,35)31(18-22-6-12-26(36-2)28(15-22)37-3)19-23-7-13-27-29(16-23)39-20-38-27/h6-13,15-16,21H,4-5,14,17-20H2,1-3H3/t21-/m0/s1. The van der Waals surface area contributed by atoms with Crippen LogP contribution in [-0.2, 0) is 33.1 Å². The van der Waals surface area contributed by atoms with Gasteiger partial charge in [0.25, 0.3) is 0 Å². The van der Waals surface area contributed by atoms with Crippen molar-refractivity contribution in [3.63, 3.8) is 0 Å². The van der Waals surface area contributed by atoms with Crippen LogP contribution in [-0.4, -0.2) is 59.5 Å². The number of sulfonamides is 2. The molecule has 1 atom stereocenters. The average molecular weight is 603 g/mol. The summed E-state index contributed by atoms with van der Waals surface area (Å²) in [6.45, 7) is 3.13. The molecule has 0 aliphatic carbocycles. The van der Waals surface area contributed by atoms with Crippen molar-refractivity contribution < 1.29 is 35.8 Å². The largest absolute Gasteiger partial charge is 0.493 e. The quantitative estimate of drug-likeness (QED) is 0.339. The van der Waals surface area contributed by atoms with Gasteiger partial charge in [-0.05, 0) is 78.4 Å². The Balaban J connectivity index is 1.46. The third-order valence-electron chi connectivity index (χ3n) is 7.32. The predicted molar refractivity (Wildman–Crippen MR) is 152 cm³/mol. The Kier molecular flexibility index (Phi) is 8.46. The van der Waals surface area contributed by atoms with Crippen LogP contribution in [0.1, 0.15) is 30.9 Å². The van der Waals surface area contributed by atoms with E-state index >= 15 is 0 Å². The summed E-state index contributed by atoms with van der Waals surface area (Å²) in [5.74, 6) is 2.43. The summed E-state index contributed by atoms with van der Waals surface area (Å²) in [7, 11) is -4.74. The second kappa shape index (κ2) is 11.9. The summed E-state index contributed by atoms with van der Waals surface area (Å²) in [5.41, 5.74) is 1.39. The third kappa shape index (κ3) is 6.15. The zero-order valence-corrected chi connectivity index (χ0v) is 24.9. The number of hydrogen-bond donors (Lipinski definition) is 0. The molecule has 2 heterocycles. The Hall–Kier alpha value is -3.32. The van der Waals surface area contributed by atoms with Crippen LogP contribution in [0.25, 0.3) is 0 Å². The highest BCUT2D eigenvalue weighted by Gasteiger charge is 2.30. The van der Waals surface area contributed by atoms with E-state index in [9.17, 15) is 16.8 Å². The van der Waals surface area contributed by atoms with E-state index in [-0.39, 0.29) is 35.6 Å². The molecule has 12 heteroatoms. The number of nitrogens with zero attached hydrogens (tertiary/aromatic N) is 2. The van der Waals surface area contributed by atoms with Crippen LogP contribution in [0.2, 0.25) is 0 Å². The SMILES string of the molecule is COc1ccc(CN(Cc2ccc3c(c2)OCO3)S(=O)(=O)c2ccc(S(=O)(=O)N3CCC[C@H](C)C3)cc2)cc1OC. The van der Waals surface area contributed by atoms with Crippen LogP contribution in [0.15, 0.2) is 70.5 Å². The summed E-state index contributed by atoms with van der Waals surface area (Å²) in [4.78, 5) is 0.0671. The fourth-order valence-electron chi connectivity index (χ4n) is 5.10. The molecule has 2 aliphatic heterocycles. The molecule has 2 aliphatic rings. The zero-order valence-electron chi connectivity index (χ0n) is 23.3. The van der Waals surface area contributed by atoms with Gasteiger partial charge in [0.05, 0.1) is 24.0 Å². The van der Waals surface area contributed by atoms with E-state index in [0.717, 1.165) is 12.8 Å². The highest BCUT2D eigenvalue weighted by Crippen LogP contribution is 2.34. The summed E-state index contributed by atoms with van der Waals surface area (Å²) < 4.78 is 78.9. The first-order valence-electron chi connectivity index (χ1n) is 13.3. The summed E-state index contributed by atoms with van der Waals surface area (Å²) >= 11 is 0. The van der Waals surface area contributed by atoms with Gasteiger partial charge in [-0.1, -0.05) is 19.1 Å². The molecule has 0 aromatic heterocycles. The molecule has 3 aromatic rings. The van der Waals surface area contributed by atoms with Crippen LogP contribution < -0.4 is 18.9 Å². The molecule has 1 saturated heterocycles. The van der Waals surface area contributed by atoms with Gasteiger partial charge in [-0.25, -0.2) is 16.8 Å². The van der Waals surface area contributed by atoms with Gasteiger partial charge in [-0.3, -0.25) is 0 Å². The normalized spacial score (nSPS) is 17.5. The van der Waals surface area contributed by atoms with Gasteiger partial charge < -0.3 is 18.9 Å².